The van der Waals surface area contributed by atoms with E-state index in [0.717, 1.165) is 29.6 Å². The standard InChI is InChI=1S/C11H18BrN3OS/c1-8(2)7-10-14-15-11(17-10)13-9(16)5-3-4-6-12/h8H,3-7H2,1-2H3,(H,13,15,16). The predicted molar refractivity (Wildman–Crippen MR) is 74.7 cm³/mol. The quantitative estimate of drug-likeness (QED) is 0.620. The number of rotatable bonds is 7. The summed E-state index contributed by atoms with van der Waals surface area (Å²) in [7, 11) is 0. The molecule has 6 heteroatoms. The van der Waals surface area contributed by atoms with Gasteiger partial charge >= 0.3 is 0 Å². The van der Waals surface area contributed by atoms with Crippen molar-refractivity contribution in [1.82, 2.24) is 10.2 Å². The van der Waals surface area contributed by atoms with Gasteiger partial charge in [-0.05, 0) is 18.8 Å². The molecule has 0 fully saturated rings. The third kappa shape index (κ3) is 6.12. The lowest BCUT2D eigenvalue weighted by Crippen LogP contribution is -2.10. The molecule has 1 heterocycles. The fraction of sp³-hybridized carbons (Fsp3) is 0.727. The van der Waals surface area contributed by atoms with Crippen molar-refractivity contribution in [3.05, 3.63) is 5.01 Å². The van der Waals surface area contributed by atoms with Gasteiger partial charge in [0.15, 0.2) is 0 Å². The highest BCUT2D eigenvalue weighted by Crippen LogP contribution is 2.18. The first-order valence-electron chi connectivity index (χ1n) is 5.80. The average molecular weight is 320 g/mol. The summed E-state index contributed by atoms with van der Waals surface area (Å²) >= 11 is 4.81. The smallest absolute Gasteiger partial charge is 0.226 e. The summed E-state index contributed by atoms with van der Waals surface area (Å²) in [5, 5.41) is 13.3. The lowest BCUT2D eigenvalue weighted by molar-refractivity contribution is -0.116. The van der Waals surface area contributed by atoms with E-state index < -0.39 is 0 Å². The van der Waals surface area contributed by atoms with Gasteiger partial charge in [0.2, 0.25) is 11.0 Å². The Morgan fingerprint density at radius 3 is 2.82 bits per heavy atom. The SMILES string of the molecule is CC(C)Cc1nnc(NC(=O)CCCCBr)s1. The molecular formula is C11H18BrN3OS. The Morgan fingerprint density at radius 1 is 1.41 bits per heavy atom. The van der Waals surface area contributed by atoms with E-state index in [9.17, 15) is 4.79 Å². The minimum atomic E-state index is 0.0261. The Hall–Kier alpha value is -0.490. The van der Waals surface area contributed by atoms with E-state index in [1.54, 1.807) is 0 Å². The first kappa shape index (κ1) is 14.6. The van der Waals surface area contributed by atoms with Gasteiger partial charge in [0.1, 0.15) is 5.01 Å². The van der Waals surface area contributed by atoms with Gasteiger partial charge in [-0.2, -0.15) is 0 Å². The maximum atomic E-state index is 11.5. The molecule has 0 unspecified atom stereocenters. The third-order valence-corrected chi connectivity index (χ3v) is 3.51. The second-order valence-electron chi connectivity index (χ2n) is 4.29. The van der Waals surface area contributed by atoms with Crippen molar-refractivity contribution >= 4 is 38.3 Å². The largest absolute Gasteiger partial charge is 0.301 e. The number of halogens is 1. The maximum absolute atomic E-state index is 11.5. The summed E-state index contributed by atoms with van der Waals surface area (Å²) in [6, 6.07) is 0. The van der Waals surface area contributed by atoms with Gasteiger partial charge in [-0.3, -0.25) is 4.79 Å². The van der Waals surface area contributed by atoms with Crippen molar-refractivity contribution in [3.63, 3.8) is 0 Å². The number of nitrogens with one attached hydrogen (secondary N) is 1. The lowest BCUT2D eigenvalue weighted by Gasteiger charge is -1.99. The zero-order valence-electron chi connectivity index (χ0n) is 10.2. The van der Waals surface area contributed by atoms with Gasteiger partial charge < -0.3 is 5.32 Å². The molecular weight excluding hydrogens is 302 g/mol. The van der Waals surface area contributed by atoms with Crippen LogP contribution in [0, 0.1) is 5.92 Å². The van der Waals surface area contributed by atoms with E-state index in [4.69, 9.17) is 0 Å². The molecule has 1 N–H and O–H groups in total. The van der Waals surface area contributed by atoms with Crippen LogP contribution in [0.25, 0.3) is 0 Å². The van der Waals surface area contributed by atoms with E-state index in [-0.39, 0.29) is 5.91 Å². The molecule has 4 nitrogen and oxygen atoms in total. The highest BCUT2D eigenvalue weighted by molar-refractivity contribution is 9.09. The van der Waals surface area contributed by atoms with Gasteiger partial charge in [0.05, 0.1) is 0 Å². The Morgan fingerprint density at radius 2 is 2.18 bits per heavy atom. The maximum Gasteiger partial charge on any atom is 0.226 e. The van der Waals surface area contributed by atoms with Crippen molar-refractivity contribution in [2.24, 2.45) is 5.92 Å². The van der Waals surface area contributed by atoms with Crippen LogP contribution < -0.4 is 5.32 Å². The summed E-state index contributed by atoms with van der Waals surface area (Å²) in [5.41, 5.74) is 0. The highest BCUT2D eigenvalue weighted by Gasteiger charge is 2.08. The zero-order chi connectivity index (χ0) is 12.7. The highest BCUT2D eigenvalue weighted by atomic mass is 79.9. The van der Waals surface area contributed by atoms with Crippen molar-refractivity contribution in [2.45, 2.75) is 39.5 Å². The zero-order valence-corrected chi connectivity index (χ0v) is 12.6. The van der Waals surface area contributed by atoms with E-state index in [2.05, 4.69) is 45.3 Å². The normalized spacial score (nSPS) is 10.8. The minimum Gasteiger partial charge on any atom is -0.301 e. The van der Waals surface area contributed by atoms with Crippen molar-refractivity contribution in [3.8, 4) is 0 Å². The molecule has 1 aromatic heterocycles. The van der Waals surface area contributed by atoms with Crippen LogP contribution in [0.5, 0.6) is 0 Å². The molecule has 0 aliphatic rings. The van der Waals surface area contributed by atoms with Crippen LogP contribution in [0.2, 0.25) is 0 Å². The number of anilines is 1. The van der Waals surface area contributed by atoms with Gasteiger partial charge in [0, 0.05) is 18.2 Å². The van der Waals surface area contributed by atoms with Crippen LogP contribution in [0.4, 0.5) is 5.13 Å². The van der Waals surface area contributed by atoms with Crippen LogP contribution in [0.15, 0.2) is 0 Å². The second kappa shape index (κ2) is 7.76. The van der Waals surface area contributed by atoms with Gasteiger partial charge in [-0.15, -0.1) is 10.2 Å². The van der Waals surface area contributed by atoms with Gasteiger partial charge in [0.25, 0.3) is 0 Å². The molecule has 1 aromatic rings. The van der Waals surface area contributed by atoms with E-state index in [1.807, 2.05) is 0 Å². The van der Waals surface area contributed by atoms with E-state index in [0.29, 0.717) is 17.5 Å². The summed E-state index contributed by atoms with van der Waals surface area (Å²) < 4.78 is 0. The van der Waals surface area contributed by atoms with Crippen LogP contribution in [-0.2, 0) is 11.2 Å². The van der Waals surface area contributed by atoms with Crippen molar-refractivity contribution in [2.75, 3.05) is 10.6 Å². The molecule has 0 aliphatic carbocycles. The average Bonchev–Trinajstić information content (AvgIpc) is 2.64. The molecule has 96 valence electrons. The van der Waals surface area contributed by atoms with Crippen LogP contribution in [-0.4, -0.2) is 21.4 Å². The predicted octanol–water partition coefficient (Wildman–Crippen LogP) is 3.24. The molecule has 0 aromatic carbocycles. The topological polar surface area (TPSA) is 54.9 Å². The summed E-state index contributed by atoms with van der Waals surface area (Å²) in [6.07, 6.45) is 3.37. The first-order valence-corrected chi connectivity index (χ1v) is 7.73. The Kier molecular flexibility index (Phi) is 6.65. The molecule has 1 rings (SSSR count). The van der Waals surface area contributed by atoms with Crippen molar-refractivity contribution in [1.29, 1.82) is 0 Å². The van der Waals surface area contributed by atoms with Crippen LogP contribution in [0.3, 0.4) is 0 Å². The minimum absolute atomic E-state index is 0.0261. The monoisotopic (exact) mass is 319 g/mol. The summed E-state index contributed by atoms with van der Waals surface area (Å²) in [6.45, 7) is 4.28. The molecule has 1 amide bonds. The number of alkyl halides is 1. The molecule has 0 radical (unpaired) electrons. The molecule has 0 aliphatic heterocycles. The fourth-order valence-corrected chi connectivity index (χ4v) is 2.66. The Labute approximate surface area is 114 Å². The number of carbonyl (C=O) groups excluding carboxylic acids is 1. The summed E-state index contributed by atoms with van der Waals surface area (Å²) in [4.78, 5) is 11.5. The third-order valence-electron chi connectivity index (χ3n) is 2.08. The molecule has 0 saturated heterocycles. The van der Waals surface area contributed by atoms with E-state index in [1.165, 1.54) is 11.3 Å². The lowest BCUT2D eigenvalue weighted by atomic mass is 10.1. The summed E-state index contributed by atoms with van der Waals surface area (Å²) in [5.74, 6) is 0.587. The number of amides is 1. The number of carbonyl (C=O) groups is 1. The number of unbranched alkanes of at least 4 members (excludes halogenated alkanes) is 1. The molecule has 0 saturated carbocycles. The second-order valence-corrected chi connectivity index (χ2v) is 6.15. The van der Waals surface area contributed by atoms with Crippen LogP contribution in [0.1, 0.15) is 38.1 Å². The van der Waals surface area contributed by atoms with E-state index >= 15 is 0 Å². The van der Waals surface area contributed by atoms with Crippen LogP contribution >= 0.6 is 27.3 Å². The molecule has 17 heavy (non-hydrogen) atoms. The first-order chi connectivity index (χ1) is 8.11. The Bertz CT molecular complexity index is 354. The Balaban J connectivity index is 2.35. The molecule has 0 atom stereocenters. The van der Waals surface area contributed by atoms with Gasteiger partial charge in [-0.25, -0.2) is 0 Å². The fourth-order valence-electron chi connectivity index (χ4n) is 1.30. The number of nitrogens with zero attached hydrogens (tertiary/aromatic N) is 2. The molecule has 0 spiro atoms. The number of aromatic nitrogens is 2. The van der Waals surface area contributed by atoms with Crippen molar-refractivity contribution < 1.29 is 4.79 Å². The number of hydrogen-bond acceptors (Lipinski definition) is 4. The molecule has 0 bridgehead atoms. The van der Waals surface area contributed by atoms with Gasteiger partial charge in [-0.1, -0.05) is 41.1 Å². The number of hydrogen-bond donors (Lipinski definition) is 1.